The first kappa shape index (κ1) is 22.5. The van der Waals surface area contributed by atoms with E-state index in [9.17, 15) is 33.3 Å². The Morgan fingerprint density at radius 3 is 2.53 bits per heavy atom. The Balaban J connectivity index is 2.17. The number of nitro benzene ring substituents is 1. The zero-order chi connectivity index (χ0) is 22.4. The number of primary amides is 1. The number of nitrogens with two attached hydrogens (primary N) is 1. The molecule has 0 atom stereocenters. The lowest BCUT2D eigenvalue weighted by Crippen LogP contribution is -2.22. The monoisotopic (exact) mass is 445 g/mol. The molecular formula is C16H13F2N3O8S. The number of alkyl halides is 2. The molecule has 0 aliphatic carbocycles. The summed E-state index contributed by atoms with van der Waals surface area (Å²) in [7, 11) is 1.07. The number of methoxy groups -OCH3 is 1. The van der Waals surface area contributed by atoms with Gasteiger partial charge in [0.2, 0.25) is 0 Å². The number of nitro groups is 1. The Hall–Kier alpha value is -3.81. The van der Waals surface area contributed by atoms with Gasteiger partial charge in [-0.1, -0.05) is 0 Å². The summed E-state index contributed by atoms with van der Waals surface area (Å²) >= 11 is 1.00. The molecular weight excluding hydrogens is 432 g/mol. The smallest absolute Gasteiger partial charge is 0.387 e. The Labute approximate surface area is 170 Å². The number of carbonyl (C=O) groups is 3. The summed E-state index contributed by atoms with van der Waals surface area (Å²) in [5.74, 6) is -3.97. The third-order valence-corrected chi connectivity index (χ3v) is 4.26. The third-order valence-electron chi connectivity index (χ3n) is 3.43. The summed E-state index contributed by atoms with van der Waals surface area (Å²) in [5.41, 5.74) is 3.65. The summed E-state index contributed by atoms with van der Waals surface area (Å²) in [6, 6.07) is 2.74. The van der Waals surface area contributed by atoms with Gasteiger partial charge in [-0.2, -0.15) is 8.78 Å². The summed E-state index contributed by atoms with van der Waals surface area (Å²) in [6.07, 6.45) is 0. The maximum Gasteiger partial charge on any atom is 0.387 e. The molecule has 1 aromatic carbocycles. The van der Waals surface area contributed by atoms with Crippen LogP contribution in [0.3, 0.4) is 0 Å². The van der Waals surface area contributed by atoms with Crippen molar-refractivity contribution >= 4 is 39.8 Å². The number of benzene rings is 1. The predicted octanol–water partition coefficient (Wildman–Crippen LogP) is 2.16. The van der Waals surface area contributed by atoms with E-state index in [-0.39, 0.29) is 16.3 Å². The van der Waals surface area contributed by atoms with E-state index in [1.165, 1.54) is 11.4 Å². The molecule has 0 unspecified atom stereocenters. The highest BCUT2D eigenvalue weighted by atomic mass is 32.1. The number of hydrogen-bond donors (Lipinski definition) is 2. The molecule has 0 bridgehead atoms. The van der Waals surface area contributed by atoms with E-state index in [1.54, 1.807) is 0 Å². The van der Waals surface area contributed by atoms with Crippen molar-refractivity contribution in [3.8, 4) is 11.5 Å². The number of nitrogens with zero attached hydrogens (tertiary/aromatic N) is 1. The second-order valence-corrected chi connectivity index (χ2v) is 6.22. The molecule has 2 rings (SSSR count). The van der Waals surface area contributed by atoms with Gasteiger partial charge in [0, 0.05) is 6.07 Å². The van der Waals surface area contributed by atoms with Gasteiger partial charge in [-0.25, -0.2) is 4.79 Å². The SMILES string of the molecule is COc1cc(C(=O)OCC(=O)Nc2sccc2C(N)=O)c([N+](=O)[O-])cc1OC(F)F. The van der Waals surface area contributed by atoms with Crippen molar-refractivity contribution in [2.24, 2.45) is 5.73 Å². The molecule has 3 N–H and O–H groups in total. The number of halogens is 2. The average molecular weight is 445 g/mol. The fourth-order valence-electron chi connectivity index (χ4n) is 2.18. The van der Waals surface area contributed by atoms with Crippen molar-refractivity contribution in [2.75, 3.05) is 19.0 Å². The van der Waals surface area contributed by atoms with Crippen molar-refractivity contribution in [2.45, 2.75) is 6.61 Å². The highest BCUT2D eigenvalue weighted by molar-refractivity contribution is 7.14. The third kappa shape index (κ3) is 5.38. The van der Waals surface area contributed by atoms with Crippen LogP contribution in [0.15, 0.2) is 23.6 Å². The number of esters is 1. The molecule has 160 valence electrons. The van der Waals surface area contributed by atoms with Crippen LogP contribution in [0.5, 0.6) is 11.5 Å². The van der Waals surface area contributed by atoms with Crippen LogP contribution in [0.25, 0.3) is 0 Å². The molecule has 0 spiro atoms. The van der Waals surface area contributed by atoms with Crippen molar-refractivity contribution < 1.29 is 42.3 Å². The minimum absolute atomic E-state index is 0.0506. The van der Waals surface area contributed by atoms with Gasteiger partial charge in [-0.15, -0.1) is 11.3 Å². The quantitative estimate of drug-likeness (QED) is 0.337. The second kappa shape index (κ2) is 9.60. The van der Waals surface area contributed by atoms with Crippen LogP contribution in [0.2, 0.25) is 0 Å². The Morgan fingerprint density at radius 2 is 1.97 bits per heavy atom. The van der Waals surface area contributed by atoms with E-state index in [0.717, 1.165) is 24.5 Å². The molecule has 1 aromatic heterocycles. The molecule has 2 amide bonds. The van der Waals surface area contributed by atoms with E-state index in [2.05, 4.69) is 10.1 Å². The number of rotatable bonds is 9. The van der Waals surface area contributed by atoms with E-state index in [0.29, 0.717) is 6.07 Å². The molecule has 0 aliphatic heterocycles. The summed E-state index contributed by atoms with van der Waals surface area (Å²) in [5, 5.41) is 15.1. The lowest BCUT2D eigenvalue weighted by molar-refractivity contribution is -0.385. The maximum absolute atomic E-state index is 12.5. The fourth-order valence-corrected chi connectivity index (χ4v) is 2.99. The summed E-state index contributed by atoms with van der Waals surface area (Å²) < 4.78 is 38.6. The van der Waals surface area contributed by atoms with Crippen LogP contribution < -0.4 is 20.5 Å². The molecule has 0 fully saturated rings. The van der Waals surface area contributed by atoms with Crippen LogP contribution >= 0.6 is 11.3 Å². The molecule has 14 heteroatoms. The van der Waals surface area contributed by atoms with Gasteiger partial charge >= 0.3 is 12.6 Å². The zero-order valence-corrected chi connectivity index (χ0v) is 15.9. The van der Waals surface area contributed by atoms with Crippen molar-refractivity contribution in [1.29, 1.82) is 0 Å². The first-order chi connectivity index (χ1) is 14.1. The van der Waals surface area contributed by atoms with Crippen LogP contribution in [-0.2, 0) is 9.53 Å². The van der Waals surface area contributed by atoms with Gasteiger partial charge in [0.1, 0.15) is 10.6 Å². The molecule has 0 aliphatic rings. The molecule has 11 nitrogen and oxygen atoms in total. The lowest BCUT2D eigenvalue weighted by atomic mass is 10.1. The molecule has 0 saturated heterocycles. The second-order valence-electron chi connectivity index (χ2n) is 5.31. The Bertz CT molecular complexity index is 995. The molecule has 0 radical (unpaired) electrons. The van der Waals surface area contributed by atoms with Gasteiger partial charge in [-0.3, -0.25) is 19.7 Å². The topological polar surface area (TPSA) is 160 Å². The molecule has 2 aromatic rings. The molecule has 1 heterocycles. The Morgan fingerprint density at radius 1 is 1.27 bits per heavy atom. The van der Waals surface area contributed by atoms with Gasteiger partial charge in [0.05, 0.1) is 23.7 Å². The number of ether oxygens (including phenoxy) is 3. The van der Waals surface area contributed by atoms with E-state index in [1.807, 2.05) is 0 Å². The number of anilines is 1. The van der Waals surface area contributed by atoms with Gasteiger partial charge in [0.15, 0.2) is 18.1 Å². The first-order valence-electron chi connectivity index (χ1n) is 7.79. The van der Waals surface area contributed by atoms with Crippen molar-refractivity contribution in [3.63, 3.8) is 0 Å². The number of carbonyl (C=O) groups excluding carboxylic acids is 3. The predicted molar refractivity (Wildman–Crippen MR) is 98.0 cm³/mol. The van der Waals surface area contributed by atoms with Crippen LogP contribution in [0.4, 0.5) is 19.5 Å². The highest BCUT2D eigenvalue weighted by Crippen LogP contribution is 2.36. The lowest BCUT2D eigenvalue weighted by Gasteiger charge is -2.12. The zero-order valence-electron chi connectivity index (χ0n) is 15.0. The molecule has 0 saturated carbocycles. The summed E-state index contributed by atoms with van der Waals surface area (Å²) in [6.45, 7) is -4.15. The molecule has 30 heavy (non-hydrogen) atoms. The number of nitrogens with one attached hydrogen (secondary N) is 1. The van der Waals surface area contributed by atoms with E-state index < -0.39 is 52.9 Å². The standard InChI is InChI=1S/C16H13F2N3O8S/c1-27-10-4-8(9(21(25)26)5-11(10)29-16(17)18)15(24)28-6-12(22)20-14-7(13(19)23)2-3-30-14/h2-5,16H,6H2,1H3,(H2,19,23)(H,20,22). The van der Waals surface area contributed by atoms with E-state index >= 15 is 0 Å². The van der Waals surface area contributed by atoms with E-state index in [4.69, 9.17) is 15.2 Å². The van der Waals surface area contributed by atoms with Crippen molar-refractivity contribution in [1.82, 2.24) is 0 Å². The Kier molecular flexibility index (Phi) is 7.19. The summed E-state index contributed by atoms with van der Waals surface area (Å²) in [4.78, 5) is 45.6. The fraction of sp³-hybridized carbons (Fsp3) is 0.188. The number of thiophene rings is 1. The van der Waals surface area contributed by atoms with Gasteiger partial charge in [-0.05, 0) is 11.4 Å². The van der Waals surface area contributed by atoms with Crippen LogP contribution in [-0.4, -0.2) is 43.0 Å². The van der Waals surface area contributed by atoms with Crippen molar-refractivity contribution in [3.05, 3.63) is 44.8 Å². The minimum atomic E-state index is -3.29. The van der Waals surface area contributed by atoms with Gasteiger partial charge < -0.3 is 25.3 Å². The number of amides is 2. The van der Waals surface area contributed by atoms with Crippen LogP contribution in [0.1, 0.15) is 20.7 Å². The maximum atomic E-state index is 12.5. The first-order valence-corrected chi connectivity index (χ1v) is 8.67. The minimum Gasteiger partial charge on any atom is -0.493 e. The van der Waals surface area contributed by atoms with Crippen LogP contribution in [0, 0.1) is 10.1 Å². The number of hydrogen-bond acceptors (Lipinski definition) is 9. The largest absolute Gasteiger partial charge is 0.493 e. The highest BCUT2D eigenvalue weighted by Gasteiger charge is 2.27. The van der Waals surface area contributed by atoms with Gasteiger partial charge in [0.25, 0.3) is 17.5 Å². The normalized spacial score (nSPS) is 10.4. The average Bonchev–Trinajstić information content (AvgIpc) is 3.13.